The van der Waals surface area contributed by atoms with Crippen LogP contribution in [-0.4, -0.2) is 37.7 Å². The third-order valence-corrected chi connectivity index (χ3v) is 3.59. The smallest absolute Gasteiger partial charge is 0.338 e. The number of methoxy groups -OCH3 is 1. The van der Waals surface area contributed by atoms with E-state index in [2.05, 4.69) is 5.32 Å². The number of urea groups is 1. The van der Waals surface area contributed by atoms with Gasteiger partial charge in [0.05, 0.1) is 24.4 Å². The lowest BCUT2D eigenvalue weighted by atomic mass is 9.96. The maximum absolute atomic E-state index is 11.9. The van der Waals surface area contributed by atoms with Gasteiger partial charge in [-0.1, -0.05) is 12.1 Å². The van der Waals surface area contributed by atoms with Crippen molar-refractivity contribution in [2.45, 2.75) is 6.04 Å². The van der Waals surface area contributed by atoms with E-state index in [1.165, 1.54) is 4.90 Å². The summed E-state index contributed by atoms with van der Waals surface area (Å²) in [6.45, 7) is 0.144. The number of amides is 2. The van der Waals surface area contributed by atoms with Gasteiger partial charge in [-0.2, -0.15) is 0 Å². The van der Waals surface area contributed by atoms with E-state index in [-0.39, 0.29) is 18.6 Å². The molecule has 0 bridgehead atoms. The average molecular weight is 274 g/mol. The standard InChI is InChI=1S/C14H14N2O4/c1-16-10-7-20-13(17)11(10)12(15-14(16)18)8-3-5-9(19-2)6-4-8/h3-6,12H,7H2,1-2H3,(H,15,18)/t12-/m0/s1. The largest absolute Gasteiger partial charge is 0.497 e. The second kappa shape index (κ2) is 4.56. The van der Waals surface area contributed by atoms with Crippen LogP contribution in [-0.2, 0) is 9.53 Å². The fourth-order valence-corrected chi connectivity index (χ4v) is 2.43. The van der Waals surface area contributed by atoms with Gasteiger partial charge in [-0.3, -0.25) is 4.90 Å². The Morgan fingerprint density at radius 1 is 1.30 bits per heavy atom. The lowest BCUT2D eigenvalue weighted by Crippen LogP contribution is -2.45. The van der Waals surface area contributed by atoms with Crippen molar-refractivity contribution in [1.82, 2.24) is 10.2 Å². The summed E-state index contributed by atoms with van der Waals surface area (Å²) in [4.78, 5) is 25.2. The second-order valence-electron chi connectivity index (χ2n) is 4.65. The molecular weight excluding hydrogens is 260 g/mol. The molecule has 0 spiro atoms. The van der Waals surface area contributed by atoms with Gasteiger partial charge in [0.25, 0.3) is 0 Å². The number of carbonyl (C=O) groups is 2. The zero-order valence-corrected chi connectivity index (χ0v) is 11.2. The molecular formula is C14H14N2O4. The average Bonchev–Trinajstić information content (AvgIpc) is 2.85. The Morgan fingerprint density at radius 2 is 2.00 bits per heavy atom. The third kappa shape index (κ3) is 1.80. The summed E-state index contributed by atoms with van der Waals surface area (Å²) < 4.78 is 10.1. The van der Waals surface area contributed by atoms with Crippen molar-refractivity contribution >= 4 is 12.0 Å². The molecule has 2 aliphatic rings. The molecule has 104 valence electrons. The molecule has 0 aromatic heterocycles. The molecule has 6 nitrogen and oxygen atoms in total. The van der Waals surface area contributed by atoms with Gasteiger partial charge in [0.15, 0.2) is 0 Å². The Morgan fingerprint density at radius 3 is 2.65 bits per heavy atom. The molecule has 1 atom stereocenters. The monoisotopic (exact) mass is 274 g/mol. The van der Waals surface area contributed by atoms with Gasteiger partial charge in [-0.05, 0) is 17.7 Å². The van der Waals surface area contributed by atoms with Gasteiger partial charge < -0.3 is 14.8 Å². The molecule has 0 saturated carbocycles. The Bertz CT molecular complexity index is 606. The third-order valence-electron chi connectivity index (χ3n) is 3.59. The van der Waals surface area contributed by atoms with Crippen LogP contribution < -0.4 is 10.1 Å². The van der Waals surface area contributed by atoms with Crippen molar-refractivity contribution in [3.63, 3.8) is 0 Å². The molecule has 2 aliphatic heterocycles. The second-order valence-corrected chi connectivity index (χ2v) is 4.65. The Labute approximate surface area is 116 Å². The van der Waals surface area contributed by atoms with Crippen LogP contribution in [0.15, 0.2) is 35.5 Å². The number of nitrogens with zero attached hydrogens (tertiary/aromatic N) is 1. The number of cyclic esters (lactones) is 1. The van der Waals surface area contributed by atoms with Gasteiger partial charge in [0.1, 0.15) is 12.4 Å². The number of ether oxygens (including phenoxy) is 2. The van der Waals surface area contributed by atoms with Crippen LogP contribution in [0.2, 0.25) is 0 Å². The van der Waals surface area contributed by atoms with Gasteiger partial charge in [0.2, 0.25) is 0 Å². The first-order chi connectivity index (χ1) is 9.61. The molecule has 0 radical (unpaired) electrons. The van der Waals surface area contributed by atoms with Crippen LogP contribution in [0.5, 0.6) is 5.75 Å². The van der Waals surface area contributed by atoms with E-state index in [1.54, 1.807) is 26.3 Å². The number of rotatable bonds is 2. The fraction of sp³-hybridized carbons (Fsp3) is 0.286. The van der Waals surface area contributed by atoms with Crippen LogP contribution in [0, 0.1) is 0 Å². The van der Waals surface area contributed by atoms with E-state index >= 15 is 0 Å². The summed E-state index contributed by atoms with van der Waals surface area (Å²) in [7, 11) is 3.21. The molecule has 0 aliphatic carbocycles. The highest BCUT2D eigenvalue weighted by molar-refractivity contribution is 5.97. The number of nitrogens with one attached hydrogen (secondary N) is 1. The van der Waals surface area contributed by atoms with Crippen molar-refractivity contribution in [3.8, 4) is 5.75 Å². The van der Waals surface area contributed by atoms with Crippen molar-refractivity contribution < 1.29 is 19.1 Å². The lowest BCUT2D eigenvalue weighted by Gasteiger charge is -2.30. The van der Waals surface area contributed by atoms with Crippen molar-refractivity contribution in [2.75, 3.05) is 20.8 Å². The first-order valence-corrected chi connectivity index (χ1v) is 6.20. The summed E-state index contributed by atoms with van der Waals surface area (Å²) in [5, 5.41) is 2.81. The molecule has 0 saturated heterocycles. The SMILES string of the molecule is COc1ccc([C@@H]2NC(=O)N(C)C3=C2C(=O)OC3)cc1. The lowest BCUT2D eigenvalue weighted by molar-refractivity contribution is -0.136. The van der Waals surface area contributed by atoms with E-state index in [1.807, 2.05) is 12.1 Å². The number of benzene rings is 1. The van der Waals surface area contributed by atoms with Crippen molar-refractivity contribution in [1.29, 1.82) is 0 Å². The zero-order valence-electron chi connectivity index (χ0n) is 11.2. The van der Waals surface area contributed by atoms with Gasteiger partial charge >= 0.3 is 12.0 Å². The first-order valence-electron chi connectivity index (χ1n) is 6.20. The molecule has 1 aromatic rings. The molecule has 6 heteroatoms. The number of hydrogen-bond acceptors (Lipinski definition) is 4. The van der Waals surface area contributed by atoms with Gasteiger partial charge in [0, 0.05) is 7.05 Å². The van der Waals surface area contributed by atoms with Crippen LogP contribution in [0.1, 0.15) is 11.6 Å². The minimum absolute atomic E-state index is 0.144. The summed E-state index contributed by atoms with van der Waals surface area (Å²) >= 11 is 0. The summed E-state index contributed by atoms with van der Waals surface area (Å²) in [5.74, 6) is 0.337. The molecule has 2 amide bonds. The van der Waals surface area contributed by atoms with E-state index in [9.17, 15) is 9.59 Å². The number of hydrogen-bond donors (Lipinski definition) is 1. The quantitative estimate of drug-likeness (QED) is 0.823. The molecule has 2 heterocycles. The predicted octanol–water partition coefficient (Wildman–Crippen LogP) is 1.20. The van der Waals surface area contributed by atoms with Crippen molar-refractivity contribution in [3.05, 3.63) is 41.1 Å². The van der Waals surface area contributed by atoms with Crippen LogP contribution in [0.3, 0.4) is 0 Å². The highest BCUT2D eigenvalue weighted by atomic mass is 16.5. The van der Waals surface area contributed by atoms with Crippen LogP contribution in [0.25, 0.3) is 0 Å². The maximum Gasteiger partial charge on any atom is 0.338 e. The predicted molar refractivity (Wildman–Crippen MR) is 70.0 cm³/mol. The van der Waals surface area contributed by atoms with Gasteiger partial charge in [-0.15, -0.1) is 0 Å². The van der Waals surface area contributed by atoms with Crippen LogP contribution in [0.4, 0.5) is 4.79 Å². The topological polar surface area (TPSA) is 67.9 Å². The van der Waals surface area contributed by atoms with E-state index in [0.29, 0.717) is 11.3 Å². The molecule has 1 N–H and O–H groups in total. The molecule has 3 rings (SSSR count). The minimum atomic E-state index is -0.477. The summed E-state index contributed by atoms with van der Waals surface area (Å²) in [6.07, 6.45) is 0. The van der Waals surface area contributed by atoms with E-state index < -0.39 is 6.04 Å². The summed E-state index contributed by atoms with van der Waals surface area (Å²) in [5.41, 5.74) is 1.94. The molecule has 0 unspecified atom stereocenters. The van der Waals surface area contributed by atoms with Gasteiger partial charge in [-0.25, -0.2) is 9.59 Å². The normalized spacial score (nSPS) is 21.5. The zero-order chi connectivity index (χ0) is 14.3. The fourth-order valence-electron chi connectivity index (χ4n) is 2.43. The number of likely N-dealkylation sites (N-methyl/N-ethyl adjacent to an activating group) is 1. The Kier molecular flexibility index (Phi) is 2.85. The first kappa shape index (κ1) is 12.5. The van der Waals surface area contributed by atoms with Crippen molar-refractivity contribution in [2.24, 2.45) is 0 Å². The Hall–Kier alpha value is -2.50. The maximum atomic E-state index is 11.9. The van der Waals surface area contributed by atoms with Crippen LogP contribution >= 0.6 is 0 Å². The Balaban J connectivity index is 2.03. The molecule has 20 heavy (non-hydrogen) atoms. The van der Waals surface area contributed by atoms with E-state index in [0.717, 1.165) is 11.3 Å². The summed E-state index contributed by atoms with van der Waals surface area (Å²) in [6, 6.07) is 6.51. The number of carbonyl (C=O) groups excluding carboxylic acids is 2. The molecule has 0 fully saturated rings. The highest BCUT2D eigenvalue weighted by Gasteiger charge is 2.40. The molecule has 1 aromatic carbocycles. The van der Waals surface area contributed by atoms with E-state index in [4.69, 9.17) is 9.47 Å². The highest BCUT2D eigenvalue weighted by Crippen LogP contribution is 2.34. The minimum Gasteiger partial charge on any atom is -0.497 e. The number of esters is 1.